The Hall–Kier alpha value is -2.18. The molecule has 0 spiro atoms. The number of anilines is 1. The van der Waals surface area contributed by atoms with E-state index < -0.39 is 0 Å². The summed E-state index contributed by atoms with van der Waals surface area (Å²) in [5.41, 5.74) is 2.05. The molecule has 6 heteroatoms. The average Bonchev–Trinajstić information content (AvgIpc) is 3.28. The number of hydrogen-bond donors (Lipinski definition) is 2. The first-order valence-electron chi connectivity index (χ1n) is 11.0. The van der Waals surface area contributed by atoms with Gasteiger partial charge in [-0.15, -0.1) is 11.3 Å². The first-order chi connectivity index (χ1) is 14.6. The number of fused-ring (bicyclic) bond motifs is 1. The number of carbonyl (C=O) groups is 2. The second kappa shape index (κ2) is 9.75. The number of piperidine rings is 1. The highest BCUT2D eigenvalue weighted by Crippen LogP contribution is 2.30. The van der Waals surface area contributed by atoms with Gasteiger partial charge in [0.15, 0.2) is 0 Å². The zero-order valence-electron chi connectivity index (χ0n) is 17.6. The van der Waals surface area contributed by atoms with Crippen molar-refractivity contribution in [3.8, 4) is 0 Å². The summed E-state index contributed by atoms with van der Waals surface area (Å²) in [7, 11) is 0. The van der Waals surface area contributed by atoms with Gasteiger partial charge in [0, 0.05) is 29.4 Å². The van der Waals surface area contributed by atoms with Crippen LogP contribution in [0, 0.1) is 11.8 Å². The van der Waals surface area contributed by atoms with Crippen molar-refractivity contribution in [3.05, 3.63) is 52.2 Å². The van der Waals surface area contributed by atoms with E-state index in [1.54, 1.807) is 11.3 Å². The summed E-state index contributed by atoms with van der Waals surface area (Å²) in [6.07, 6.45) is 4.10. The number of carbonyl (C=O) groups excluding carboxylic acids is 2. The van der Waals surface area contributed by atoms with Gasteiger partial charge in [-0.05, 0) is 67.8 Å². The molecule has 2 aliphatic rings. The van der Waals surface area contributed by atoms with E-state index in [9.17, 15) is 9.59 Å². The SMILES string of the molecule is CC1CCN(C(CNC(=O)CCC2Cc3ccccc3NC2=O)c2cccs2)CC1. The number of hydrogen-bond acceptors (Lipinski definition) is 4. The Balaban J connectivity index is 1.29. The molecule has 160 valence electrons. The van der Waals surface area contributed by atoms with E-state index >= 15 is 0 Å². The molecule has 0 radical (unpaired) electrons. The largest absolute Gasteiger partial charge is 0.354 e. The van der Waals surface area contributed by atoms with E-state index in [2.05, 4.69) is 40.0 Å². The summed E-state index contributed by atoms with van der Waals surface area (Å²) in [6, 6.07) is 12.4. The Morgan fingerprint density at radius 1 is 1.23 bits per heavy atom. The summed E-state index contributed by atoms with van der Waals surface area (Å²) >= 11 is 1.76. The van der Waals surface area contributed by atoms with E-state index in [4.69, 9.17) is 0 Å². The second-order valence-corrected chi connectivity index (χ2v) is 9.62. The number of likely N-dealkylation sites (tertiary alicyclic amines) is 1. The van der Waals surface area contributed by atoms with E-state index in [0.29, 0.717) is 25.8 Å². The van der Waals surface area contributed by atoms with E-state index in [0.717, 1.165) is 30.3 Å². The van der Waals surface area contributed by atoms with Crippen molar-refractivity contribution in [2.24, 2.45) is 11.8 Å². The van der Waals surface area contributed by atoms with Crippen LogP contribution in [-0.4, -0.2) is 36.3 Å². The minimum atomic E-state index is -0.137. The highest BCUT2D eigenvalue weighted by Gasteiger charge is 2.28. The minimum Gasteiger partial charge on any atom is -0.354 e. The molecule has 4 rings (SSSR count). The van der Waals surface area contributed by atoms with Crippen LogP contribution in [0.2, 0.25) is 0 Å². The molecule has 0 saturated carbocycles. The summed E-state index contributed by atoms with van der Waals surface area (Å²) in [4.78, 5) is 28.8. The van der Waals surface area contributed by atoms with Gasteiger partial charge in [0.05, 0.1) is 6.04 Å². The average molecular weight is 426 g/mol. The van der Waals surface area contributed by atoms with Crippen LogP contribution in [0.3, 0.4) is 0 Å². The van der Waals surface area contributed by atoms with E-state index in [1.807, 2.05) is 24.3 Å². The Kier molecular flexibility index (Phi) is 6.85. The topological polar surface area (TPSA) is 61.4 Å². The number of rotatable bonds is 7. The number of benzene rings is 1. The number of thiophene rings is 1. The number of nitrogens with one attached hydrogen (secondary N) is 2. The van der Waals surface area contributed by atoms with Gasteiger partial charge in [-0.1, -0.05) is 31.2 Å². The van der Waals surface area contributed by atoms with Gasteiger partial charge in [-0.3, -0.25) is 14.5 Å². The van der Waals surface area contributed by atoms with Gasteiger partial charge < -0.3 is 10.6 Å². The quantitative estimate of drug-likeness (QED) is 0.698. The summed E-state index contributed by atoms with van der Waals surface area (Å²) in [5, 5.41) is 8.23. The van der Waals surface area contributed by atoms with Crippen LogP contribution in [0.15, 0.2) is 41.8 Å². The molecule has 2 amide bonds. The summed E-state index contributed by atoms with van der Waals surface area (Å²) in [5.74, 6) is 0.711. The predicted octanol–water partition coefficient (Wildman–Crippen LogP) is 4.23. The lowest BCUT2D eigenvalue weighted by atomic mass is 9.89. The molecule has 2 unspecified atom stereocenters. The molecule has 0 bridgehead atoms. The molecule has 5 nitrogen and oxygen atoms in total. The van der Waals surface area contributed by atoms with Gasteiger partial charge in [0.1, 0.15) is 0 Å². The molecule has 1 saturated heterocycles. The maximum absolute atomic E-state index is 12.6. The Morgan fingerprint density at radius 3 is 2.80 bits per heavy atom. The van der Waals surface area contributed by atoms with Gasteiger partial charge >= 0.3 is 0 Å². The van der Waals surface area contributed by atoms with Crippen molar-refractivity contribution in [3.63, 3.8) is 0 Å². The van der Waals surface area contributed by atoms with E-state index in [1.165, 1.54) is 17.7 Å². The van der Waals surface area contributed by atoms with Crippen molar-refractivity contribution in [2.45, 2.75) is 45.1 Å². The van der Waals surface area contributed by atoms with Gasteiger partial charge in [-0.25, -0.2) is 0 Å². The third-order valence-electron chi connectivity index (χ3n) is 6.46. The van der Waals surface area contributed by atoms with Gasteiger partial charge in [-0.2, -0.15) is 0 Å². The van der Waals surface area contributed by atoms with Crippen molar-refractivity contribution in [2.75, 3.05) is 25.0 Å². The highest BCUT2D eigenvalue weighted by atomic mass is 32.1. The maximum atomic E-state index is 12.6. The number of nitrogens with zero attached hydrogens (tertiary/aromatic N) is 1. The molecule has 1 aromatic heterocycles. The zero-order valence-corrected chi connectivity index (χ0v) is 18.4. The molecule has 1 fully saturated rings. The van der Waals surface area contributed by atoms with Crippen LogP contribution in [0.4, 0.5) is 5.69 Å². The van der Waals surface area contributed by atoms with Crippen molar-refractivity contribution in [1.82, 2.24) is 10.2 Å². The number of para-hydroxylation sites is 1. The Morgan fingerprint density at radius 2 is 2.03 bits per heavy atom. The smallest absolute Gasteiger partial charge is 0.227 e. The fourth-order valence-electron chi connectivity index (χ4n) is 4.48. The Bertz CT molecular complexity index is 859. The van der Waals surface area contributed by atoms with Crippen molar-refractivity contribution >= 4 is 28.8 Å². The monoisotopic (exact) mass is 425 g/mol. The molecule has 1 aromatic carbocycles. The Labute approximate surface area is 182 Å². The molecule has 2 atom stereocenters. The summed E-state index contributed by atoms with van der Waals surface area (Å²) in [6.45, 7) is 5.12. The standard InChI is InChI=1S/C24H31N3O2S/c1-17-10-12-27(13-11-17)21(22-7-4-14-30-22)16-25-23(28)9-8-19-15-18-5-2-3-6-20(18)26-24(19)29/h2-7,14,17,19,21H,8-13,15-16H2,1H3,(H,25,28)(H,26,29). The third-order valence-corrected chi connectivity index (χ3v) is 7.43. The van der Waals surface area contributed by atoms with E-state index in [-0.39, 0.29) is 23.8 Å². The lowest BCUT2D eigenvalue weighted by molar-refractivity contribution is -0.123. The first-order valence-corrected chi connectivity index (χ1v) is 11.9. The van der Waals surface area contributed by atoms with Crippen LogP contribution in [0.25, 0.3) is 0 Å². The van der Waals surface area contributed by atoms with Crippen LogP contribution < -0.4 is 10.6 Å². The maximum Gasteiger partial charge on any atom is 0.227 e. The zero-order chi connectivity index (χ0) is 20.9. The van der Waals surface area contributed by atoms with Crippen LogP contribution in [-0.2, 0) is 16.0 Å². The van der Waals surface area contributed by atoms with Gasteiger partial charge in [0.25, 0.3) is 0 Å². The molecule has 2 aromatic rings. The molecule has 2 aliphatic heterocycles. The molecule has 30 heavy (non-hydrogen) atoms. The third kappa shape index (κ3) is 5.10. The van der Waals surface area contributed by atoms with Crippen molar-refractivity contribution in [1.29, 1.82) is 0 Å². The predicted molar refractivity (Wildman–Crippen MR) is 122 cm³/mol. The fraction of sp³-hybridized carbons (Fsp3) is 0.500. The lowest BCUT2D eigenvalue weighted by Crippen LogP contribution is -2.41. The van der Waals surface area contributed by atoms with Crippen molar-refractivity contribution < 1.29 is 9.59 Å². The highest BCUT2D eigenvalue weighted by molar-refractivity contribution is 7.10. The van der Waals surface area contributed by atoms with Crippen LogP contribution in [0.5, 0.6) is 0 Å². The first kappa shape index (κ1) is 21.1. The molecular formula is C24H31N3O2S. The molecule has 2 N–H and O–H groups in total. The molecule has 0 aliphatic carbocycles. The number of amides is 2. The second-order valence-electron chi connectivity index (χ2n) is 8.64. The summed E-state index contributed by atoms with van der Waals surface area (Å²) < 4.78 is 0. The molecule has 3 heterocycles. The van der Waals surface area contributed by atoms with Gasteiger partial charge in [0.2, 0.25) is 11.8 Å². The normalized spacial score (nSPS) is 21.0. The van der Waals surface area contributed by atoms with Crippen LogP contribution in [0.1, 0.15) is 49.1 Å². The van der Waals surface area contributed by atoms with Crippen LogP contribution >= 0.6 is 11.3 Å². The molecular weight excluding hydrogens is 394 g/mol. The lowest BCUT2D eigenvalue weighted by Gasteiger charge is -2.36. The fourth-order valence-corrected chi connectivity index (χ4v) is 5.34. The minimum absolute atomic E-state index is 0.0281.